The molecule has 27 heavy (non-hydrogen) atoms. The molecule has 8 heteroatoms. The molecule has 148 valence electrons. The van der Waals surface area contributed by atoms with Crippen LogP contribution in [0.25, 0.3) is 0 Å². The van der Waals surface area contributed by atoms with Crippen molar-refractivity contribution in [2.45, 2.75) is 26.2 Å². The maximum atomic E-state index is 12.3. The van der Waals surface area contributed by atoms with Crippen molar-refractivity contribution >= 4 is 36.4 Å². The minimum Gasteiger partial charge on any atom is -0.437 e. The SMILES string of the molecule is CC(CC(=O)Nc1cccc(Oc2cccnn2)c1)C1CCCNC1.Cl.Cl. The van der Waals surface area contributed by atoms with Crippen LogP contribution in [-0.2, 0) is 4.79 Å². The van der Waals surface area contributed by atoms with E-state index < -0.39 is 0 Å². The van der Waals surface area contributed by atoms with Crippen LogP contribution in [0.15, 0.2) is 42.6 Å². The van der Waals surface area contributed by atoms with Crippen molar-refractivity contribution < 1.29 is 9.53 Å². The van der Waals surface area contributed by atoms with Crippen molar-refractivity contribution in [1.29, 1.82) is 0 Å². The summed E-state index contributed by atoms with van der Waals surface area (Å²) in [5.41, 5.74) is 0.723. The molecule has 2 N–H and O–H groups in total. The molecule has 0 bridgehead atoms. The van der Waals surface area contributed by atoms with Crippen molar-refractivity contribution in [2.75, 3.05) is 18.4 Å². The Labute approximate surface area is 172 Å². The summed E-state index contributed by atoms with van der Waals surface area (Å²) in [7, 11) is 0. The highest BCUT2D eigenvalue weighted by molar-refractivity contribution is 5.91. The largest absolute Gasteiger partial charge is 0.437 e. The van der Waals surface area contributed by atoms with Crippen molar-refractivity contribution in [2.24, 2.45) is 11.8 Å². The van der Waals surface area contributed by atoms with Crippen molar-refractivity contribution in [3.8, 4) is 11.6 Å². The maximum Gasteiger partial charge on any atom is 0.238 e. The summed E-state index contributed by atoms with van der Waals surface area (Å²) in [4.78, 5) is 12.3. The quantitative estimate of drug-likeness (QED) is 0.747. The Morgan fingerprint density at radius 1 is 1.33 bits per heavy atom. The van der Waals surface area contributed by atoms with Crippen LogP contribution in [0.5, 0.6) is 11.6 Å². The number of nitrogens with one attached hydrogen (secondary N) is 2. The number of benzene rings is 1. The van der Waals surface area contributed by atoms with Crippen molar-refractivity contribution in [3.05, 3.63) is 42.6 Å². The van der Waals surface area contributed by atoms with Crippen LogP contribution in [0, 0.1) is 11.8 Å². The minimum absolute atomic E-state index is 0. The monoisotopic (exact) mass is 412 g/mol. The number of hydrogen-bond donors (Lipinski definition) is 2. The van der Waals surface area contributed by atoms with E-state index in [0.717, 1.165) is 18.8 Å². The highest BCUT2D eigenvalue weighted by Gasteiger charge is 2.22. The molecule has 2 heterocycles. The Kier molecular flexibility index (Phi) is 10.1. The predicted molar refractivity (Wildman–Crippen MR) is 111 cm³/mol. The molecule has 0 aliphatic carbocycles. The Bertz CT molecular complexity index is 697. The first-order valence-electron chi connectivity index (χ1n) is 8.77. The number of hydrogen-bond acceptors (Lipinski definition) is 5. The zero-order valence-electron chi connectivity index (χ0n) is 15.3. The summed E-state index contributed by atoms with van der Waals surface area (Å²) in [5.74, 6) is 2.01. The number of aromatic nitrogens is 2. The molecule has 1 aromatic heterocycles. The van der Waals surface area contributed by atoms with Gasteiger partial charge in [-0.05, 0) is 56.0 Å². The lowest BCUT2D eigenvalue weighted by Crippen LogP contribution is -2.34. The highest BCUT2D eigenvalue weighted by Crippen LogP contribution is 2.25. The van der Waals surface area contributed by atoms with E-state index in [0.29, 0.717) is 29.9 Å². The number of anilines is 1. The van der Waals surface area contributed by atoms with E-state index in [9.17, 15) is 4.79 Å². The fourth-order valence-electron chi connectivity index (χ4n) is 3.14. The van der Waals surface area contributed by atoms with Crippen LogP contribution in [0.3, 0.4) is 0 Å². The highest BCUT2D eigenvalue weighted by atomic mass is 35.5. The molecule has 1 aliphatic heterocycles. The number of nitrogens with zero attached hydrogens (tertiary/aromatic N) is 2. The molecule has 0 radical (unpaired) electrons. The molecule has 1 saturated heterocycles. The molecule has 2 unspecified atom stereocenters. The van der Waals surface area contributed by atoms with Gasteiger partial charge in [0.25, 0.3) is 0 Å². The molecule has 2 aromatic rings. The third-order valence-corrected chi connectivity index (χ3v) is 4.54. The van der Waals surface area contributed by atoms with Crippen LogP contribution >= 0.6 is 24.8 Å². The molecule has 1 amide bonds. The third kappa shape index (κ3) is 7.33. The van der Waals surface area contributed by atoms with Crippen LogP contribution in [0.4, 0.5) is 5.69 Å². The summed E-state index contributed by atoms with van der Waals surface area (Å²) in [6.07, 6.45) is 4.51. The van der Waals surface area contributed by atoms with Gasteiger partial charge in [0.2, 0.25) is 11.8 Å². The Morgan fingerprint density at radius 2 is 2.19 bits per heavy atom. The van der Waals surface area contributed by atoms with E-state index in [4.69, 9.17) is 4.74 Å². The molecule has 0 saturated carbocycles. The van der Waals surface area contributed by atoms with Crippen LogP contribution in [0.1, 0.15) is 26.2 Å². The number of amides is 1. The lowest BCUT2D eigenvalue weighted by molar-refractivity contribution is -0.117. The minimum atomic E-state index is 0. The van der Waals surface area contributed by atoms with E-state index >= 15 is 0 Å². The van der Waals surface area contributed by atoms with Gasteiger partial charge in [0, 0.05) is 30.4 Å². The fraction of sp³-hybridized carbons (Fsp3) is 0.421. The van der Waals surface area contributed by atoms with Crippen LogP contribution < -0.4 is 15.4 Å². The zero-order chi connectivity index (χ0) is 17.5. The van der Waals surface area contributed by atoms with E-state index in [2.05, 4.69) is 27.8 Å². The lowest BCUT2D eigenvalue weighted by Gasteiger charge is -2.28. The zero-order valence-corrected chi connectivity index (χ0v) is 16.9. The number of carbonyl (C=O) groups excluding carboxylic acids is 1. The topological polar surface area (TPSA) is 76.1 Å². The average Bonchev–Trinajstić information content (AvgIpc) is 2.63. The molecule has 1 aliphatic rings. The second-order valence-electron chi connectivity index (χ2n) is 6.53. The summed E-state index contributed by atoms with van der Waals surface area (Å²) >= 11 is 0. The average molecular weight is 413 g/mol. The van der Waals surface area contributed by atoms with E-state index in [1.807, 2.05) is 18.2 Å². The van der Waals surface area contributed by atoms with Gasteiger partial charge in [-0.2, -0.15) is 5.10 Å². The molecular weight excluding hydrogens is 387 g/mol. The van der Waals surface area contributed by atoms with Gasteiger partial charge in [-0.25, -0.2) is 0 Å². The molecule has 1 fully saturated rings. The van der Waals surface area contributed by atoms with E-state index in [1.165, 1.54) is 12.8 Å². The van der Waals surface area contributed by atoms with Gasteiger partial charge in [0.1, 0.15) is 5.75 Å². The lowest BCUT2D eigenvalue weighted by atomic mass is 9.85. The molecule has 2 atom stereocenters. The van der Waals surface area contributed by atoms with Gasteiger partial charge in [-0.15, -0.1) is 29.9 Å². The van der Waals surface area contributed by atoms with Crippen LogP contribution in [0.2, 0.25) is 0 Å². The maximum absolute atomic E-state index is 12.3. The standard InChI is InChI=1S/C19H24N4O2.2ClH/c1-14(15-5-3-9-20-13-15)11-18(24)22-16-6-2-7-17(12-16)25-19-8-4-10-21-23-19;;/h2,4,6-8,10,12,14-15,20H,3,5,9,11,13H2,1H3,(H,22,24);2*1H. The normalized spacial score (nSPS) is 17.0. The van der Waals surface area contributed by atoms with Gasteiger partial charge >= 0.3 is 0 Å². The Morgan fingerprint density at radius 3 is 2.89 bits per heavy atom. The van der Waals surface area contributed by atoms with Gasteiger partial charge in [0.15, 0.2) is 0 Å². The molecule has 6 nitrogen and oxygen atoms in total. The second-order valence-corrected chi connectivity index (χ2v) is 6.53. The van der Waals surface area contributed by atoms with Gasteiger partial charge in [0.05, 0.1) is 0 Å². The first kappa shape index (κ1) is 23.1. The predicted octanol–water partition coefficient (Wildman–Crippen LogP) is 4.08. The first-order chi connectivity index (χ1) is 12.2. The molecule has 3 rings (SSSR count). The summed E-state index contributed by atoms with van der Waals surface area (Å²) < 4.78 is 5.64. The second kappa shape index (κ2) is 11.7. The van der Waals surface area contributed by atoms with Crippen molar-refractivity contribution in [3.63, 3.8) is 0 Å². The number of halogens is 2. The number of ether oxygens (including phenoxy) is 1. The summed E-state index contributed by atoms with van der Waals surface area (Å²) in [6, 6.07) is 10.8. The van der Waals surface area contributed by atoms with Crippen molar-refractivity contribution in [1.82, 2.24) is 15.5 Å². The molecule has 1 aromatic carbocycles. The van der Waals surface area contributed by atoms with Gasteiger partial charge < -0.3 is 15.4 Å². The first-order valence-corrected chi connectivity index (χ1v) is 8.77. The summed E-state index contributed by atoms with van der Waals surface area (Å²) in [6.45, 7) is 4.26. The smallest absolute Gasteiger partial charge is 0.238 e. The van der Waals surface area contributed by atoms with Gasteiger partial charge in [-0.1, -0.05) is 13.0 Å². The van der Waals surface area contributed by atoms with E-state index in [-0.39, 0.29) is 30.7 Å². The molecule has 0 spiro atoms. The fourth-order valence-corrected chi connectivity index (χ4v) is 3.14. The number of rotatable bonds is 6. The number of carbonyl (C=O) groups is 1. The van der Waals surface area contributed by atoms with Crippen LogP contribution in [-0.4, -0.2) is 29.2 Å². The van der Waals surface area contributed by atoms with E-state index in [1.54, 1.807) is 24.4 Å². The number of piperidine rings is 1. The van der Waals surface area contributed by atoms with Gasteiger partial charge in [-0.3, -0.25) is 4.79 Å². The molecular formula is C19H26Cl2N4O2. The Hall–Kier alpha value is -1.89. The Balaban J connectivity index is 0.00000182. The summed E-state index contributed by atoms with van der Waals surface area (Å²) in [5, 5.41) is 14.0. The third-order valence-electron chi connectivity index (χ3n) is 4.54.